The van der Waals surface area contributed by atoms with Crippen molar-refractivity contribution in [3.63, 3.8) is 0 Å². The first-order valence-corrected chi connectivity index (χ1v) is 9.90. The van der Waals surface area contributed by atoms with Gasteiger partial charge in [-0.15, -0.1) is 0 Å². The number of nitrogens with zero attached hydrogens (tertiary/aromatic N) is 4. The van der Waals surface area contributed by atoms with Gasteiger partial charge in [-0.05, 0) is 49.4 Å². The fourth-order valence-corrected chi connectivity index (χ4v) is 3.56. The number of hydrogen-bond acceptors (Lipinski definition) is 5. The summed E-state index contributed by atoms with van der Waals surface area (Å²) < 4.78 is 1.29. The Morgan fingerprint density at radius 3 is 2.65 bits per heavy atom. The van der Waals surface area contributed by atoms with E-state index in [9.17, 15) is 15.2 Å². The highest BCUT2D eigenvalue weighted by molar-refractivity contribution is 6.32. The van der Waals surface area contributed by atoms with Gasteiger partial charge in [0.1, 0.15) is 23.3 Å². The molecule has 0 aliphatic carbocycles. The zero-order chi connectivity index (χ0) is 22.1. The van der Waals surface area contributed by atoms with Crippen LogP contribution in [0.5, 0.6) is 0 Å². The highest BCUT2D eigenvalue weighted by atomic mass is 35.5. The van der Waals surface area contributed by atoms with E-state index in [1.807, 2.05) is 6.07 Å². The lowest BCUT2D eigenvalue weighted by Crippen LogP contribution is -2.22. The summed E-state index contributed by atoms with van der Waals surface area (Å²) in [5.74, 6) is -0.182. The van der Waals surface area contributed by atoms with E-state index in [0.29, 0.717) is 32.3 Å². The monoisotopic (exact) mass is 448 g/mol. The number of aliphatic hydroxyl groups excluding tert-OH is 1. The molecular weight excluding hydrogens is 435 g/mol. The van der Waals surface area contributed by atoms with E-state index in [-0.39, 0.29) is 22.8 Å². The zero-order valence-electron chi connectivity index (χ0n) is 16.2. The van der Waals surface area contributed by atoms with Crippen molar-refractivity contribution in [2.24, 2.45) is 0 Å². The number of benzene rings is 2. The molecule has 0 atom stereocenters. The summed E-state index contributed by atoms with van der Waals surface area (Å²) in [6.45, 7) is 1.75. The second-order valence-corrected chi connectivity index (χ2v) is 7.56. The van der Waals surface area contributed by atoms with Crippen molar-refractivity contribution in [2.75, 3.05) is 0 Å². The molecule has 0 aliphatic rings. The van der Waals surface area contributed by atoms with Crippen molar-refractivity contribution in [3.8, 4) is 11.8 Å². The van der Waals surface area contributed by atoms with Crippen molar-refractivity contribution in [1.82, 2.24) is 14.5 Å². The van der Waals surface area contributed by atoms with Crippen molar-refractivity contribution in [3.05, 3.63) is 97.8 Å². The first-order valence-electron chi connectivity index (χ1n) is 9.15. The van der Waals surface area contributed by atoms with Crippen molar-refractivity contribution < 1.29 is 5.11 Å². The minimum atomic E-state index is -0.405. The highest BCUT2D eigenvalue weighted by Crippen LogP contribution is 2.24. The maximum absolute atomic E-state index is 13.4. The van der Waals surface area contributed by atoms with Crippen LogP contribution in [0.1, 0.15) is 22.8 Å². The van der Waals surface area contributed by atoms with Crippen molar-refractivity contribution >= 4 is 45.9 Å². The molecule has 0 radical (unpaired) electrons. The second kappa shape index (κ2) is 8.23. The van der Waals surface area contributed by atoms with Crippen LogP contribution in [0.4, 0.5) is 0 Å². The Balaban J connectivity index is 2.05. The molecular formula is C23H14Cl2N4O2. The van der Waals surface area contributed by atoms with Gasteiger partial charge in [-0.1, -0.05) is 35.3 Å². The van der Waals surface area contributed by atoms with Crippen molar-refractivity contribution in [2.45, 2.75) is 6.92 Å². The molecule has 31 heavy (non-hydrogen) atoms. The quantitative estimate of drug-likeness (QED) is 0.427. The van der Waals surface area contributed by atoms with Gasteiger partial charge in [0.25, 0.3) is 5.56 Å². The summed E-state index contributed by atoms with van der Waals surface area (Å²) >= 11 is 12.4. The van der Waals surface area contributed by atoms with Gasteiger partial charge >= 0.3 is 0 Å². The topological polar surface area (TPSA) is 91.8 Å². The molecule has 0 spiro atoms. The van der Waals surface area contributed by atoms with Crippen LogP contribution in [0.25, 0.3) is 28.4 Å². The van der Waals surface area contributed by atoms with E-state index >= 15 is 0 Å². The molecule has 0 bridgehead atoms. The lowest BCUT2D eigenvalue weighted by molar-refractivity contribution is 0.511. The van der Waals surface area contributed by atoms with E-state index in [4.69, 9.17) is 23.2 Å². The Morgan fingerprint density at radius 1 is 1.13 bits per heavy atom. The first kappa shape index (κ1) is 20.6. The van der Waals surface area contributed by atoms with Gasteiger partial charge in [-0.2, -0.15) is 5.26 Å². The number of aliphatic hydroxyl groups is 1. The predicted octanol–water partition coefficient (Wildman–Crippen LogP) is 5.32. The third kappa shape index (κ3) is 3.89. The Bertz CT molecular complexity index is 1470. The van der Waals surface area contributed by atoms with Gasteiger partial charge in [0, 0.05) is 16.8 Å². The Hall–Kier alpha value is -3.66. The lowest BCUT2D eigenvalue weighted by Gasteiger charge is -2.13. The Kier molecular flexibility index (Phi) is 5.47. The summed E-state index contributed by atoms with van der Waals surface area (Å²) in [7, 11) is 0. The van der Waals surface area contributed by atoms with Crippen LogP contribution in [0.3, 0.4) is 0 Å². The summed E-state index contributed by atoms with van der Waals surface area (Å²) in [6, 6.07) is 16.8. The Morgan fingerprint density at radius 2 is 1.90 bits per heavy atom. The third-order valence-electron chi connectivity index (χ3n) is 4.61. The molecule has 152 valence electrons. The number of hydrogen-bond donors (Lipinski definition) is 1. The normalized spacial score (nSPS) is 11.5. The maximum atomic E-state index is 13.4. The van der Waals surface area contributed by atoms with Gasteiger partial charge < -0.3 is 5.11 Å². The SMILES string of the molecule is Cc1ccc(C#N)c(/C(O)=C/c2nc3ccc(Cl)cc3c(=O)n2-c2ccccc2Cl)n1. The number of rotatable bonds is 3. The molecule has 2 aromatic carbocycles. The van der Waals surface area contributed by atoms with E-state index < -0.39 is 5.56 Å². The summed E-state index contributed by atoms with van der Waals surface area (Å²) in [5, 5.41) is 21.2. The van der Waals surface area contributed by atoms with E-state index in [1.165, 1.54) is 16.7 Å². The fraction of sp³-hybridized carbons (Fsp3) is 0.0435. The van der Waals surface area contributed by atoms with Gasteiger partial charge in [0.15, 0.2) is 0 Å². The Labute approximate surface area is 187 Å². The molecule has 0 unspecified atom stereocenters. The molecule has 0 saturated heterocycles. The largest absolute Gasteiger partial charge is 0.505 e. The summed E-state index contributed by atoms with van der Waals surface area (Å²) in [6.07, 6.45) is 1.29. The molecule has 4 aromatic rings. The fourth-order valence-electron chi connectivity index (χ4n) is 3.17. The molecule has 0 amide bonds. The average molecular weight is 449 g/mol. The van der Waals surface area contributed by atoms with Crippen LogP contribution in [-0.4, -0.2) is 19.6 Å². The highest BCUT2D eigenvalue weighted by Gasteiger charge is 2.16. The molecule has 8 heteroatoms. The van der Waals surface area contributed by atoms with E-state index in [0.717, 1.165) is 0 Å². The van der Waals surface area contributed by atoms with Crippen molar-refractivity contribution in [1.29, 1.82) is 5.26 Å². The van der Waals surface area contributed by atoms with Gasteiger partial charge in [0.05, 0.1) is 27.2 Å². The van der Waals surface area contributed by atoms with Crippen LogP contribution >= 0.6 is 23.2 Å². The predicted molar refractivity (Wildman–Crippen MR) is 122 cm³/mol. The van der Waals surface area contributed by atoms with Crippen LogP contribution in [0, 0.1) is 18.3 Å². The maximum Gasteiger partial charge on any atom is 0.266 e. The zero-order valence-corrected chi connectivity index (χ0v) is 17.7. The molecule has 0 fully saturated rings. The van der Waals surface area contributed by atoms with Gasteiger partial charge in [-0.3, -0.25) is 9.36 Å². The second-order valence-electron chi connectivity index (χ2n) is 6.71. The molecule has 4 rings (SSSR count). The van der Waals surface area contributed by atoms with Gasteiger partial charge in [0.2, 0.25) is 0 Å². The third-order valence-corrected chi connectivity index (χ3v) is 5.17. The van der Waals surface area contributed by atoms with Crippen LogP contribution < -0.4 is 5.56 Å². The van der Waals surface area contributed by atoms with Gasteiger partial charge in [-0.25, -0.2) is 9.97 Å². The minimum Gasteiger partial charge on any atom is -0.505 e. The molecule has 6 nitrogen and oxygen atoms in total. The molecule has 0 saturated carbocycles. The number of fused-ring (bicyclic) bond motifs is 1. The first-order chi connectivity index (χ1) is 14.9. The van der Waals surface area contributed by atoms with Crippen LogP contribution in [0.2, 0.25) is 10.0 Å². The van der Waals surface area contributed by atoms with E-state index in [1.54, 1.807) is 55.5 Å². The molecule has 2 heterocycles. The number of aromatic nitrogens is 3. The number of halogens is 2. The van der Waals surface area contributed by atoms with Crippen LogP contribution in [-0.2, 0) is 0 Å². The number of pyridine rings is 1. The molecule has 1 N–H and O–H groups in total. The number of nitriles is 1. The summed E-state index contributed by atoms with van der Waals surface area (Å²) in [5.41, 5.74) is 1.29. The van der Waals surface area contributed by atoms with Crippen LogP contribution in [0.15, 0.2) is 59.4 Å². The molecule has 2 aromatic heterocycles. The molecule has 0 aliphatic heterocycles. The average Bonchev–Trinajstić information content (AvgIpc) is 2.75. The smallest absolute Gasteiger partial charge is 0.266 e. The van der Waals surface area contributed by atoms with E-state index in [2.05, 4.69) is 9.97 Å². The minimum absolute atomic E-state index is 0.0960. The number of para-hydroxylation sites is 1. The summed E-state index contributed by atoms with van der Waals surface area (Å²) in [4.78, 5) is 22.2. The lowest BCUT2D eigenvalue weighted by atomic mass is 10.1. The standard InChI is InChI=1S/C23H14Cl2N4O2/c1-13-6-7-14(12-26)22(27-13)20(30)11-21-28-18-9-8-15(24)10-16(18)23(31)29(21)19-5-3-2-4-17(19)25/h2-11,30H,1H3/b20-11-. The number of aryl methyl sites for hydroxylation is 1.